The molecule has 0 aliphatic carbocycles. The zero-order chi connectivity index (χ0) is 14.6. The summed E-state index contributed by atoms with van der Waals surface area (Å²) in [6, 6.07) is -0.401. The van der Waals surface area contributed by atoms with Crippen LogP contribution in [0, 0.1) is 0 Å². The van der Waals surface area contributed by atoms with E-state index in [9.17, 15) is 4.79 Å². The van der Waals surface area contributed by atoms with E-state index in [1.807, 2.05) is 32.8 Å². The van der Waals surface area contributed by atoms with E-state index < -0.39 is 6.04 Å². The highest BCUT2D eigenvalue weighted by Crippen LogP contribution is 2.15. The van der Waals surface area contributed by atoms with Crippen LogP contribution in [-0.4, -0.2) is 48.0 Å². The van der Waals surface area contributed by atoms with Gasteiger partial charge in [0.05, 0.1) is 0 Å². The lowest BCUT2D eigenvalue weighted by molar-refractivity contribution is -0.121. The van der Waals surface area contributed by atoms with Gasteiger partial charge in [-0.2, -0.15) is 15.0 Å². The second-order valence-corrected chi connectivity index (χ2v) is 4.85. The molecule has 0 aliphatic heterocycles. The third-order valence-electron chi connectivity index (χ3n) is 2.54. The predicted octanol–water partition coefficient (Wildman–Crippen LogP) is 0.607. The number of aromatic nitrogens is 3. The Balaban J connectivity index is 3.03. The van der Waals surface area contributed by atoms with Crippen molar-refractivity contribution in [3.8, 4) is 0 Å². The number of hydrogen-bond acceptors (Lipinski definition) is 6. The molecular formula is C12H22N6O. The number of amides is 1. The topological polar surface area (TPSA) is 83.0 Å². The number of likely N-dealkylation sites (N-methyl/N-ethyl adjacent to an activating group) is 1. The van der Waals surface area contributed by atoms with E-state index in [2.05, 4.69) is 25.6 Å². The fourth-order valence-corrected chi connectivity index (χ4v) is 1.38. The minimum atomic E-state index is -0.401. The van der Waals surface area contributed by atoms with Gasteiger partial charge in [-0.15, -0.1) is 0 Å². The number of hydrogen-bond donors (Lipinski definition) is 2. The maximum absolute atomic E-state index is 11.5. The number of anilines is 2. The van der Waals surface area contributed by atoms with E-state index >= 15 is 0 Å². The summed E-state index contributed by atoms with van der Waals surface area (Å²) in [4.78, 5) is 26.3. The first-order chi connectivity index (χ1) is 8.85. The quantitative estimate of drug-likeness (QED) is 0.812. The third-order valence-corrected chi connectivity index (χ3v) is 2.54. The number of carbonyl (C=O) groups excluding carboxylic acids is 1. The molecule has 0 saturated carbocycles. The summed E-state index contributed by atoms with van der Waals surface area (Å²) in [6.07, 6.45) is 0. The van der Waals surface area contributed by atoms with Gasteiger partial charge in [-0.1, -0.05) is 13.8 Å². The number of carbonyl (C=O) groups is 1. The van der Waals surface area contributed by atoms with Gasteiger partial charge in [0.1, 0.15) is 11.9 Å². The van der Waals surface area contributed by atoms with Gasteiger partial charge in [0.2, 0.25) is 17.8 Å². The lowest BCUT2D eigenvalue weighted by atomic mass is 10.2. The molecule has 0 bridgehead atoms. The molecule has 1 aromatic rings. The first-order valence-electron chi connectivity index (χ1n) is 6.26. The van der Waals surface area contributed by atoms with Crippen molar-refractivity contribution < 1.29 is 4.79 Å². The number of nitrogens with one attached hydrogen (secondary N) is 2. The first kappa shape index (κ1) is 15.1. The summed E-state index contributed by atoms with van der Waals surface area (Å²) in [5, 5.41) is 5.56. The molecular weight excluding hydrogens is 244 g/mol. The van der Waals surface area contributed by atoms with Gasteiger partial charge in [0.25, 0.3) is 0 Å². The van der Waals surface area contributed by atoms with Crippen molar-refractivity contribution >= 4 is 17.8 Å². The molecule has 1 amide bonds. The van der Waals surface area contributed by atoms with Gasteiger partial charge in [0, 0.05) is 27.1 Å². The highest BCUT2D eigenvalue weighted by Gasteiger charge is 2.15. The monoisotopic (exact) mass is 266 g/mol. The van der Waals surface area contributed by atoms with Crippen molar-refractivity contribution in [1.82, 2.24) is 20.3 Å². The van der Waals surface area contributed by atoms with Crippen molar-refractivity contribution in [1.29, 1.82) is 0 Å². The molecule has 106 valence electrons. The fraction of sp³-hybridized carbons (Fsp3) is 0.667. The average Bonchev–Trinajstić information content (AvgIpc) is 2.37. The highest BCUT2D eigenvalue weighted by atomic mass is 16.2. The second-order valence-electron chi connectivity index (χ2n) is 4.85. The van der Waals surface area contributed by atoms with Gasteiger partial charge in [-0.25, -0.2) is 0 Å². The van der Waals surface area contributed by atoms with Crippen LogP contribution in [0.5, 0.6) is 0 Å². The van der Waals surface area contributed by atoms with E-state index in [4.69, 9.17) is 0 Å². The van der Waals surface area contributed by atoms with Gasteiger partial charge in [-0.3, -0.25) is 4.79 Å². The number of nitrogens with zero attached hydrogens (tertiary/aromatic N) is 4. The van der Waals surface area contributed by atoms with E-state index in [0.717, 1.165) is 0 Å². The van der Waals surface area contributed by atoms with Crippen molar-refractivity contribution in [3.05, 3.63) is 5.82 Å². The van der Waals surface area contributed by atoms with Gasteiger partial charge in [-0.05, 0) is 6.92 Å². The standard InChI is InChI=1S/C12H22N6O/c1-7(2)9-15-11(14-8(3)10(19)13-4)17-12(16-9)18(5)6/h7-8H,1-6H3,(H,13,19)(H,14,15,16,17)/t8-/m0/s1. The molecule has 0 fully saturated rings. The third kappa shape index (κ3) is 4.04. The zero-order valence-corrected chi connectivity index (χ0v) is 12.4. The van der Waals surface area contributed by atoms with Crippen molar-refractivity contribution in [2.75, 3.05) is 31.4 Å². The SMILES string of the molecule is CNC(=O)[C@H](C)Nc1nc(C(C)C)nc(N(C)C)n1. The Morgan fingerprint density at radius 2 is 1.79 bits per heavy atom. The van der Waals surface area contributed by atoms with Crippen molar-refractivity contribution in [2.24, 2.45) is 0 Å². The Hall–Kier alpha value is -1.92. The zero-order valence-electron chi connectivity index (χ0n) is 12.4. The molecule has 7 heteroatoms. The first-order valence-corrected chi connectivity index (χ1v) is 6.26. The van der Waals surface area contributed by atoms with E-state index in [-0.39, 0.29) is 11.8 Å². The summed E-state index contributed by atoms with van der Waals surface area (Å²) in [6.45, 7) is 5.79. The molecule has 1 atom stereocenters. The van der Waals surface area contributed by atoms with Crippen molar-refractivity contribution in [3.63, 3.8) is 0 Å². The van der Waals surface area contributed by atoms with Crippen LogP contribution in [0.15, 0.2) is 0 Å². The molecule has 0 aromatic carbocycles. The summed E-state index contributed by atoms with van der Waals surface area (Å²) < 4.78 is 0. The molecule has 7 nitrogen and oxygen atoms in total. The van der Waals surface area contributed by atoms with Gasteiger partial charge in [0.15, 0.2) is 0 Å². The van der Waals surface area contributed by atoms with Crippen LogP contribution in [0.2, 0.25) is 0 Å². The molecule has 2 N–H and O–H groups in total. The summed E-state index contributed by atoms with van der Waals surface area (Å²) in [5.41, 5.74) is 0. The van der Waals surface area contributed by atoms with Crippen LogP contribution < -0.4 is 15.5 Å². The Labute approximate surface area is 113 Å². The Bertz CT molecular complexity index is 420. The van der Waals surface area contributed by atoms with Crippen LogP contribution in [0.3, 0.4) is 0 Å². The molecule has 19 heavy (non-hydrogen) atoms. The van der Waals surface area contributed by atoms with E-state index in [1.165, 1.54) is 0 Å². The lowest BCUT2D eigenvalue weighted by Gasteiger charge is -2.17. The Kier molecular flexibility index (Phi) is 5.02. The molecule has 1 rings (SSSR count). The van der Waals surface area contributed by atoms with Crippen LogP contribution in [0.1, 0.15) is 32.5 Å². The van der Waals surface area contributed by atoms with Gasteiger partial charge >= 0.3 is 0 Å². The molecule has 0 spiro atoms. The molecule has 1 aromatic heterocycles. The van der Waals surface area contributed by atoms with Crippen LogP contribution >= 0.6 is 0 Å². The van der Waals surface area contributed by atoms with E-state index in [1.54, 1.807) is 14.0 Å². The summed E-state index contributed by atoms with van der Waals surface area (Å²) >= 11 is 0. The molecule has 1 heterocycles. The highest BCUT2D eigenvalue weighted by molar-refractivity contribution is 5.83. The maximum atomic E-state index is 11.5. The smallest absolute Gasteiger partial charge is 0.242 e. The largest absolute Gasteiger partial charge is 0.357 e. The van der Waals surface area contributed by atoms with Crippen molar-refractivity contribution in [2.45, 2.75) is 32.7 Å². The van der Waals surface area contributed by atoms with Crippen LogP contribution in [0.4, 0.5) is 11.9 Å². The summed E-state index contributed by atoms with van der Waals surface area (Å²) in [5.74, 6) is 1.77. The number of rotatable bonds is 5. The van der Waals surface area contributed by atoms with Crippen LogP contribution in [0.25, 0.3) is 0 Å². The predicted molar refractivity (Wildman–Crippen MR) is 75.4 cm³/mol. The average molecular weight is 266 g/mol. The normalized spacial score (nSPS) is 12.2. The molecule has 0 unspecified atom stereocenters. The Morgan fingerprint density at radius 1 is 1.16 bits per heavy atom. The lowest BCUT2D eigenvalue weighted by Crippen LogP contribution is -2.36. The minimum absolute atomic E-state index is 0.113. The molecule has 0 saturated heterocycles. The summed E-state index contributed by atoms with van der Waals surface area (Å²) in [7, 11) is 5.33. The Morgan fingerprint density at radius 3 is 2.26 bits per heavy atom. The molecule has 0 aliphatic rings. The van der Waals surface area contributed by atoms with E-state index in [0.29, 0.717) is 17.7 Å². The minimum Gasteiger partial charge on any atom is -0.357 e. The molecule has 0 radical (unpaired) electrons. The fourth-order valence-electron chi connectivity index (χ4n) is 1.38. The second kappa shape index (κ2) is 6.31. The van der Waals surface area contributed by atoms with Crippen LogP contribution in [-0.2, 0) is 4.79 Å². The van der Waals surface area contributed by atoms with Gasteiger partial charge < -0.3 is 15.5 Å². The maximum Gasteiger partial charge on any atom is 0.242 e.